The Bertz CT molecular complexity index is 991. The number of hydrogen-bond donors (Lipinski definition) is 1. The lowest BCUT2D eigenvalue weighted by Crippen LogP contribution is -2.17. The maximum atomic E-state index is 13.0. The number of carbonyl (C=O) groups is 1. The second kappa shape index (κ2) is 7.35. The molecule has 2 aliphatic rings. The number of sulfone groups is 1. The molecule has 1 fully saturated rings. The van der Waals surface area contributed by atoms with Gasteiger partial charge in [-0.3, -0.25) is 9.48 Å². The van der Waals surface area contributed by atoms with Gasteiger partial charge in [0.05, 0.1) is 17.5 Å². The summed E-state index contributed by atoms with van der Waals surface area (Å²) in [6, 6.07) is 7.74. The van der Waals surface area contributed by atoms with E-state index in [-0.39, 0.29) is 23.5 Å². The largest absolute Gasteiger partial charge is 0.321 e. The molecule has 0 saturated carbocycles. The van der Waals surface area contributed by atoms with Crippen LogP contribution in [0.5, 0.6) is 0 Å². The van der Waals surface area contributed by atoms with Crippen LogP contribution in [0, 0.1) is 0 Å². The van der Waals surface area contributed by atoms with Crippen LogP contribution in [0.25, 0.3) is 0 Å². The van der Waals surface area contributed by atoms with E-state index in [0.29, 0.717) is 18.0 Å². The van der Waals surface area contributed by atoms with Crippen LogP contribution in [0.3, 0.4) is 0 Å². The lowest BCUT2D eigenvalue weighted by atomic mass is 9.95. The average molecular weight is 402 g/mol. The summed E-state index contributed by atoms with van der Waals surface area (Å²) in [6.07, 6.45) is 4.34. The Morgan fingerprint density at radius 2 is 1.89 bits per heavy atom. The van der Waals surface area contributed by atoms with Gasteiger partial charge in [0.2, 0.25) is 0 Å². The average Bonchev–Trinajstić information content (AvgIpc) is 3.22. The normalized spacial score (nSPS) is 20.9. The van der Waals surface area contributed by atoms with E-state index in [9.17, 15) is 13.2 Å². The quantitative estimate of drug-likeness (QED) is 0.850. The van der Waals surface area contributed by atoms with E-state index < -0.39 is 9.84 Å². The van der Waals surface area contributed by atoms with Crippen molar-refractivity contribution >= 4 is 21.4 Å². The number of hydrogen-bond acceptors (Lipinski definition) is 4. The van der Waals surface area contributed by atoms with Crippen molar-refractivity contribution in [1.29, 1.82) is 0 Å². The molecule has 0 spiro atoms. The van der Waals surface area contributed by atoms with Crippen LogP contribution in [0.4, 0.5) is 5.69 Å². The number of anilines is 1. The van der Waals surface area contributed by atoms with E-state index in [4.69, 9.17) is 0 Å². The zero-order chi connectivity index (χ0) is 19.9. The van der Waals surface area contributed by atoms with Crippen molar-refractivity contribution in [3.05, 3.63) is 46.8 Å². The first-order valence-corrected chi connectivity index (χ1v) is 11.9. The molecule has 1 aliphatic heterocycles. The van der Waals surface area contributed by atoms with Crippen molar-refractivity contribution in [1.82, 2.24) is 9.78 Å². The summed E-state index contributed by atoms with van der Waals surface area (Å²) >= 11 is 0. The standard InChI is InChI=1S/C21H27N3O3S/c1-14(2)15-7-9-16(10-8-15)22-21(25)20-18-5-3-4-6-19(18)24(23-20)17-11-12-28(26,27)13-17/h7-10,14,17H,3-6,11-13H2,1-2H3,(H,22,25)/t17-/m0/s1. The van der Waals surface area contributed by atoms with Crippen LogP contribution in [-0.2, 0) is 22.7 Å². The van der Waals surface area contributed by atoms with Crippen molar-refractivity contribution in [3.8, 4) is 0 Å². The highest BCUT2D eigenvalue weighted by Gasteiger charge is 2.34. The summed E-state index contributed by atoms with van der Waals surface area (Å²) in [5.41, 5.74) is 4.46. The smallest absolute Gasteiger partial charge is 0.276 e. The number of amides is 1. The minimum atomic E-state index is -3.00. The third-order valence-corrected chi connectivity index (χ3v) is 7.56. The van der Waals surface area contributed by atoms with E-state index >= 15 is 0 Å². The van der Waals surface area contributed by atoms with E-state index in [2.05, 4.69) is 24.3 Å². The molecule has 1 aromatic heterocycles. The number of benzene rings is 1. The van der Waals surface area contributed by atoms with E-state index in [1.54, 1.807) is 0 Å². The van der Waals surface area contributed by atoms with Crippen LogP contribution in [0.2, 0.25) is 0 Å². The van der Waals surface area contributed by atoms with Crippen LogP contribution in [-0.4, -0.2) is 35.6 Å². The summed E-state index contributed by atoms with van der Waals surface area (Å²) in [7, 11) is -3.00. The highest BCUT2D eigenvalue weighted by atomic mass is 32.2. The molecule has 1 aromatic carbocycles. The Labute approximate surface area is 166 Å². The molecular formula is C21H27N3O3S. The van der Waals surface area contributed by atoms with Gasteiger partial charge in [-0.25, -0.2) is 8.42 Å². The zero-order valence-electron chi connectivity index (χ0n) is 16.4. The molecule has 0 unspecified atom stereocenters. The molecule has 7 heteroatoms. The van der Waals surface area contributed by atoms with Crippen LogP contribution >= 0.6 is 0 Å². The third-order valence-electron chi connectivity index (χ3n) is 5.81. The highest BCUT2D eigenvalue weighted by molar-refractivity contribution is 7.91. The molecule has 0 radical (unpaired) electrons. The van der Waals surface area contributed by atoms with Crippen molar-refractivity contribution in [2.45, 2.75) is 57.9 Å². The molecule has 1 saturated heterocycles. The van der Waals surface area contributed by atoms with Gasteiger partial charge in [0, 0.05) is 16.9 Å². The molecule has 2 heterocycles. The summed E-state index contributed by atoms with van der Waals surface area (Å²) in [4.78, 5) is 13.0. The lowest BCUT2D eigenvalue weighted by Gasteiger charge is -2.17. The maximum Gasteiger partial charge on any atom is 0.276 e. The fraction of sp³-hybridized carbons (Fsp3) is 0.524. The minimum absolute atomic E-state index is 0.124. The number of aromatic nitrogens is 2. The number of rotatable bonds is 4. The first-order valence-electron chi connectivity index (χ1n) is 10.1. The zero-order valence-corrected chi connectivity index (χ0v) is 17.3. The molecule has 1 N–H and O–H groups in total. The Morgan fingerprint density at radius 1 is 1.18 bits per heavy atom. The Morgan fingerprint density at radius 3 is 2.54 bits per heavy atom. The molecule has 1 aliphatic carbocycles. The molecule has 6 nitrogen and oxygen atoms in total. The summed E-state index contributed by atoms with van der Waals surface area (Å²) in [6.45, 7) is 4.27. The van der Waals surface area contributed by atoms with Crippen LogP contribution < -0.4 is 5.32 Å². The van der Waals surface area contributed by atoms with Gasteiger partial charge in [-0.2, -0.15) is 5.10 Å². The molecule has 2 aromatic rings. The highest BCUT2D eigenvalue weighted by Crippen LogP contribution is 2.31. The van der Waals surface area contributed by atoms with Gasteiger partial charge < -0.3 is 5.32 Å². The predicted molar refractivity (Wildman–Crippen MR) is 110 cm³/mol. The summed E-state index contributed by atoms with van der Waals surface area (Å²) in [5.74, 6) is 0.555. The first-order chi connectivity index (χ1) is 13.3. The monoisotopic (exact) mass is 401 g/mol. The second-order valence-electron chi connectivity index (χ2n) is 8.21. The first kappa shape index (κ1) is 19.2. The number of nitrogens with zero attached hydrogens (tertiary/aromatic N) is 2. The SMILES string of the molecule is CC(C)c1ccc(NC(=O)c2nn([C@H]3CCS(=O)(=O)C3)c3c2CCCC3)cc1. The third kappa shape index (κ3) is 3.72. The lowest BCUT2D eigenvalue weighted by molar-refractivity contribution is 0.102. The van der Waals surface area contributed by atoms with Crippen LogP contribution in [0.15, 0.2) is 24.3 Å². The number of fused-ring (bicyclic) bond motifs is 1. The second-order valence-corrected chi connectivity index (χ2v) is 10.4. The van der Waals surface area contributed by atoms with E-state index in [0.717, 1.165) is 42.6 Å². The van der Waals surface area contributed by atoms with Gasteiger partial charge in [0.25, 0.3) is 5.91 Å². The molecule has 28 heavy (non-hydrogen) atoms. The Balaban J connectivity index is 1.61. The van der Waals surface area contributed by atoms with Crippen molar-refractivity contribution in [3.63, 3.8) is 0 Å². The fourth-order valence-electron chi connectivity index (χ4n) is 4.22. The van der Waals surface area contributed by atoms with Gasteiger partial charge in [-0.05, 0) is 55.7 Å². The van der Waals surface area contributed by atoms with Crippen molar-refractivity contribution in [2.75, 3.05) is 16.8 Å². The molecular weight excluding hydrogens is 374 g/mol. The number of nitrogens with one attached hydrogen (secondary N) is 1. The van der Waals surface area contributed by atoms with Crippen LogP contribution in [0.1, 0.15) is 72.4 Å². The maximum absolute atomic E-state index is 13.0. The van der Waals surface area contributed by atoms with Gasteiger partial charge in [-0.15, -0.1) is 0 Å². The summed E-state index contributed by atoms with van der Waals surface area (Å²) in [5, 5.41) is 7.58. The topological polar surface area (TPSA) is 81.1 Å². The molecule has 0 bridgehead atoms. The Kier molecular flexibility index (Phi) is 5.04. The van der Waals surface area contributed by atoms with Gasteiger partial charge in [0.1, 0.15) is 0 Å². The molecule has 4 rings (SSSR count). The van der Waals surface area contributed by atoms with Gasteiger partial charge >= 0.3 is 0 Å². The van der Waals surface area contributed by atoms with E-state index in [1.165, 1.54) is 5.56 Å². The van der Waals surface area contributed by atoms with Gasteiger partial charge in [-0.1, -0.05) is 26.0 Å². The van der Waals surface area contributed by atoms with Crippen molar-refractivity contribution < 1.29 is 13.2 Å². The molecule has 1 atom stereocenters. The molecule has 1 amide bonds. The van der Waals surface area contributed by atoms with Gasteiger partial charge in [0.15, 0.2) is 15.5 Å². The minimum Gasteiger partial charge on any atom is -0.321 e. The molecule has 150 valence electrons. The predicted octanol–water partition coefficient (Wildman–Crippen LogP) is 3.50. The number of carbonyl (C=O) groups excluding carboxylic acids is 1. The Hall–Kier alpha value is -2.15. The van der Waals surface area contributed by atoms with Crippen molar-refractivity contribution in [2.24, 2.45) is 0 Å². The fourth-order valence-corrected chi connectivity index (χ4v) is 5.91. The summed E-state index contributed by atoms with van der Waals surface area (Å²) < 4.78 is 25.7. The van der Waals surface area contributed by atoms with E-state index in [1.807, 2.05) is 28.9 Å².